The van der Waals surface area contributed by atoms with Gasteiger partial charge in [-0.1, -0.05) is 49.6 Å². The van der Waals surface area contributed by atoms with Gasteiger partial charge in [-0.3, -0.25) is 9.59 Å². The smallest absolute Gasteiger partial charge is 0.246 e. The Kier molecular flexibility index (Phi) is 7.69. The van der Waals surface area contributed by atoms with E-state index in [9.17, 15) is 9.59 Å². The van der Waals surface area contributed by atoms with Crippen molar-refractivity contribution >= 4 is 11.8 Å². The van der Waals surface area contributed by atoms with Crippen molar-refractivity contribution < 1.29 is 9.59 Å². The van der Waals surface area contributed by atoms with E-state index in [4.69, 9.17) is 0 Å². The van der Waals surface area contributed by atoms with Gasteiger partial charge in [0.1, 0.15) is 6.04 Å². The monoisotopic (exact) mass is 453 g/mol. The summed E-state index contributed by atoms with van der Waals surface area (Å²) in [6, 6.07) is 8.94. The van der Waals surface area contributed by atoms with Crippen LogP contribution in [0.2, 0.25) is 0 Å². The Morgan fingerprint density at radius 3 is 2.58 bits per heavy atom. The zero-order valence-corrected chi connectivity index (χ0v) is 19.6. The standard InChI is InChI=1S/C24H35N7O2/c1-17(25-2)23(32)26-21(19-12-7-4-8-13-19)24(33)30-15-9-14-20(30)22-27-29-31(28-22)16-18-10-5-3-6-11-18/h3,5-6,10-11,17,19-21,25H,4,7-9,12-16H2,1-2H3,(H,26,32)/t17?,20-,21-/m0/s1. The molecule has 1 aromatic carbocycles. The van der Waals surface area contributed by atoms with Crippen LogP contribution in [0.25, 0.3) is 0 Å². The van der Waals surface area contributed by atoms with Gasteiger partial charge in [0.25, 0.3) is 0 Å². The predicted molar refractivity (Wildman–Crippen MR) is 124 cm³/mol. The third kappa shape index (κ3) is 5.58. The molecule has 1 aromatic heterocycles. The summed E-state index contributed by atoms with van der Waals surface area (Å²) in [4.78, 5) is 29.9. The fourth-order valence-electron chi connectivity index (χ4n) is 4.94. The van der Waals surface area contributed by atoms with E-state index in [2.05, 4.69) is 26.0 Å². The van der Waals surface area contributed by atoms with Crippen LogP contribution in [0.5, 0.6) is 0 Å². The Morgan fingerprint density at radius 2 is 1.85 bits per heavy atom. The summed E-state index contributed by atoms with van der Waals surface area (Å²) in [6.07, 6.45) is 7.03. The van der Waals surface area contributed by atoms with Crippen LogP contribution >= 0.6 is 0 Å². The minimum absolute atomic E-state index is 0.0135. The second-order valence-electron chi connectivity index (χ2n) is 9.25. The molecule has 2 N–H and O–H groups in total. The maximum Gasteiger partial charge on any atom is 0.246 e. The molecule has 1 unspecified atom stereocenters. The zero-order chi connectivity index (χ0) is 23.2. The fourth-order valence-corrected chi connectivity index (χ4v) is 4.94. The van der Waals surface area contributed by atoms with Crippen LogP contribution in [0.15, 0.2) is 30.3 Å². The van der Waals surface area contributed by atoms with Crippen LogP contribution in [0.1, 0.15) is 69.3 Å². The fraction of sp³-hybridized carbons (Fsp3) is 0.625. The number of likely N-dealkylation sites (N-methyl/N-ethyl adjacent to an activating group) is 1. The van der Waals surface area contributed by atoms with Gasteiger partial charge in [0.15, 0.2) is 5.82 Å². The second-order valence-corrected chi connectivity index (χ2v) is 9.25. The molecule has 2 aromatic rings. The lowest BCUT2D eigenvalue weighted by molar-refractivity contribution is -0.139. The van der Waals surface area contributed by atoms with E-state index in [1.165, 1.54) is 6.42 Å². The van der Waals surface area contributed by atoms with Crippen LogP contribution in [0, 0.1) is 5.92 Å². The van der Waals surface area contributed by atoms with Crippen molar-refractivity contribution in [1.29, 1.82) is 0 Å². The third-order valence-electron chi connectivity index (χ3n) is 6.98. The van der Waals surface area contributed by atoms with Crippen molar-refractivity contribution in [2.24, 2.45) is 5.92 Å². The molecule has 3 atom stereocenters. The Bertz CT molecular complexity index is 926. The summed E-state index contributed by atoms with van der Waals surface area (Å²) in [5, 5.41) is 19.2. The van der Waals surface area contributed by atoms with Gasteiger partial charge < -0.3 is 15.5 Å². The molecule has 1 aliphatic heterocycles. The second kappa shape index (κ2) is 10.9. The van der Waals surface area contributed by atoms with Crippen molar-refractivity contribution in [3.8, 4) is 0 Å². The molecule has 1 aliphatic carbocycles. The SMILES string of the molecule is CNC(C)C(=O)N[C@H](C(=O)N1CCC[C@H]1c1nnn(Cc2ccccc2)n1)C1CCCCC1. The van der Waals surface area contributed by atoms with Crippen LogP contribution < -0.4 is 10.6 Å². The minimum Gasteiger partial charge on any atom is -0.343 e. The van der Waals surface area contributed by atoms with Gasteiger partial charge in [-0.25, -0.2) is 0 Å². The number of hydrogen-bond acceptors (Lipinski definition) is 6. The molecule has 0 radical (unpaired) electrons. The number of likely N-dealkylation sites (tertiary alicyclic amines) is 1. The van der Waals surface area contributed by atoms with Crippen LogP contribution in [0.3, 0.4) is 0 Å². The van der Waals surface area contributed by atoms with E-state index in [0.29, 0.717) is 18.9 Å². The topological polar surface area (TPSA) is 105 Å². The van der Waals surface area contributed by atoms with Crippen LogP contribution in [-0.4, -0.2) is 62.6 Å². The molecule has 9 nitrogen and oxygen atoms in total. The van der Waals surface area contributed by atoms with Crippen molar-refractivity contribution in [1.82, 2.24) is 35.7 Å². The molecule has 1 saturated heterocycles. The highest BCUT2D eigenvalue weighted by molar-refractivity contribution is 5.90. The van der Waals surface area contributed by atoms with Gasteiger partial charge in [0, 0.05) is 6.54 Å². The Labute approximate surface area is 195 Å². The highest BCUT2D eigenvalue weighted by Gasteiger charge is 2.40. The van der Waals surface area contributed by atoms with E-state index in [-0.39, 0.29) is 29.8 Å². The molecular formula is C24H35N7O2. The van der Waals surface area contributed by atoms with Crippen molar-refractivity contribution in [2.45, 2.75) is 76.5 Å². The number of nitrogens with zero attached hydrogens (tertiary/aromatic N) is 5. The molecule has 2 heterocycles. The lowest BCUT2D eigenvalue weighted by Gasteiger charge is -2.34. The number of hydrogen-bond donors (Lipinski definition) is 2. The molecule has 2 amide bonds. The van der Waals surface area contributed by atoms with Crippen molar-refractivity contribution in [2.75, 3.05) is 13.6 Å². The third-order valence-corrected chi connectivity index (χ3v) is 6.98. The first-order valence-corrected chi connectivity index (χ1v) is 12.2. The number of carbonyl (C=O) groups excluding carboxylic acids is 2. The molecule has 2 aliphatic rings. The van der Waals surface area contributed by atoms with Crippen molar-refractivity contribution in [3.05, 3.63) is 41.7 Å². The molecule has 9 heteroatoms. The van der Waals surface area contributed by atoms with E-state index in [1.54, 1.807) is 11.8 Å². The van der Waals surface area contributed by atoms with E-state index in [1.807, 2.05) is 42.2 Å². The van der Waals surface area contributed by atoms with E-state index < -0.39 is 6.04 Å². The lowest BCUT2D eigenvalue weighted by atomic mass is 9.83. The first-order valence-electron chi connectivity index (χ1n) is 12.2. The predicted octanol–water partition coefficient (Wildman–Crippen LogP) is 2.06. The summed E-state index contributed by atoms with van der Waals surface area (Å²) in [5.41, 5.74) is 1.10. The van der Waals surface area contributed by atoms with Gasteiger partial charge >= 0.3 is 0 Å². The minimum atomic E-state index is -0.506. The molecule has 33 heavy (non-hydrogen) atoms. The van der Waals surface area contributed by atoms with Crippen LogP contribution in [0.4, 0.5) is 0 Å². The number of amides is 2. The average molecular weight is 454 g/mol. The lowest BCUT2D eigenvalue weighted by Crippen LogP contribution is -2.55. The van der Waals surface area contributed by atoms with Gasteiger partial charge in [-0.2, -0.15) is 4.80 Å². The number of carbonyl (C=O) groups is 2. The summed E-state index contributed by atoms with van der Waals surface area (Å²) in [5.74, 6) is 0.598. The number of nitrogens with one attached hydrogen (secondary N) is 2. The molecule has 178 valence electrons. The molecular weight excluding hydrogens is 418 g/mol. The highest BCUT2D eigenvalue weighted by atomic mass is 16.2. The number of benzene rings is 1. The zero-order valence-electron chi connectivity index (χ0n) is 19.6. The Hall–Kier alpha value is -2.81. The summed E-state index contributed by atoms with van der Waals surface area (Å²) in [6.45, 7) is 3.00. The quantitative estimate of drug-likeness (QED) is 0.634. The number of rotatable bonds is 8. The first-order chi connectivity index (χ1) is 16.1. The summed E-state index contributed by atoms with van der Waals surface area (Å²) < 4.78 is 0. The molecule has 0 spiro atoms. The normalized spacial score (nSPS) is 21.0. The summed E-state index contributed by atoms with van der Waals surface area (Å²) >= 11 is 0. The molecule has 1 saturated carbocycles. The van der Waals surface area contributed by atoms with Gasteiger partial charge in [0.2, 0.25) is 11.8 Å². The number of tetrazole rings is 1. The van der Waals surface area contributed by atoms with Gasteiger partial charge in [-0.05, 0) is 56.3 Å². The van der Waals surface area contributed by atoms with Gasteiger partial charge in [-0.15, -0.1) is 10.2 Å². The highest BCUT2D eigenvalue weighted by Crippen LogP contribution is 2.33. The molecule has 4 rings (SSSR count). The van der Waals surface area contributed by atoms with Crippen LogP contribution in [-0.2, 0) is 16.1 Å². The number of aromatic nitrogens is 4. The molecule has 0 bridgehead atoms. The van der Waals surface area contributed by atoms with E-state index in [0.717, 1.165) is 44.1 Å². The maximum atomic E-state index is 13.8. The van der Waals surface area contributed by atoms with E-state index >= 15 is 0 Å². The average Bonchev–Trinajstić information content (AvgIpc) is 3.52. The van der Waals surface area contributed by atoms with Crippen molar-refractivity contribution in [3.63, 3.8) is 0 Å². The van der Waals surface area contributed by atoms with Gasteiger partial charge in [0.05, 0.1) is 18.6 Å². The maximum absolute atomic E-state index is 13.8. The Balaban J connectivity index is 1.50. The largest absolute Gasteiger partial charge is 0.343 e. The first kappa shape index (κ1) is 23.4. The summed E-state index contributed by atoms with van der Waals surface area (Å²) in [7, 11) is 1.75. The molecule has 2 fully saturated rings. The Morgan fingerprint density at radius 1 is 1.09 bits per heavy atom.